The summed E-state index contributed by atoms with van der Waals surface area (Å²) in [5.41, 5.74) is 0.844. The van der Waals surface area contributed by atoms with Gasteiger partial charge in [0.15, 0.2) is 11.5 Å². The van der Waals surface area contributed by atoms with Crippen LogP contribution in [-0.4, -0.2) is 27.6 Å². The molecule has 0 fully saturated rings. The molecule has 1 aromatic heterocycles. The van der Waals surface area contributed by atoms with Gasteiger partial charge < -0.3 is 10.4 Å². The van der Waals surface area contributed by atoms with Crippen molar-refractivity contribution in [3.63, 3.8) is 0 Å². The molecule has 6 heteroatoms. The average molecular weight is 261 g/mol. The Hall–Kier alpha value is -2.50. The van der Waals surface area contributed by atoms with Gasteiger partial charge in [-0.3, -0.25) is 0 Å². The number of benzene rings is 1. The maximum absolute atomic E-state index is 12.7. The number of anilines is 1. The number of carboxylic acid groups (broad SMARTS) is 1. The zero-order valence-corrected chi connectivity index (χ0v) is 10.0. The SMILES string of the molecule is O=C(O)c1nccnc1NCCc1ccc(F)cc1. The van der Waals surface area contributed by atoms with Crippen molar-refractivity contribution in [3.05, 3.63) is 53.7 Å². The molecular formula is C13H12FN3O2. The zero-order chi connectivity index (χ0) is 13.7. The molecule has 0 saturated heterocycles. The molecule has 0 unspecified atom stereocenters. The van der Waals surface area contributed by atoms with Gasteiger partial charge in [0, 0.05) is 18.9 Å². The first-order valence-electron chi connectivity index (χ1n) is 5.69. The second-order valence-corrected chi connectivity index (χ2v) is 3.86. The third-order valence-corrected chi connectivity index (χ3v) is 2.52. The van der Waals surface area contributed by atoms with Crippen LogP contribution < -0.4 is 5.32 Å². The van der Waals surface area contributed by atoms with Gasteiger partial charge in [-0.25, -0.2) is 19.2 Å². The molecule has 2 rings (SSSR count). The van der Waals surface area contributed by atoms with Gasteiger partial charge >= 0.3 is 5.97 Å². The Labute approximate surface area is 109 Å². The zero-order valence-electron chi connectivity index (χ0n) is 10.0. The van der Waals surface area contributed by atoms with Gasteiger partial charge in [0.1, 0.15) is 5.82 Å². The van der Waals surface area contributed by atoms with Crippen LogP contribution in [0.15, 0.2) is 36.7 Å². The number of aromatic carboxylic acids is 1. The summed E-state index contributed by atoms with van der Waals surface area (Å²) in [5.74, 6) is -1.17. The van der Waals surface area contributed by atoms with E-state index in [4.69, 9.17) is 5.11 Å². The fourth-order valence-corrected chi connectivity index (χ4v) is 1.60. The number of carbonyl (C=O) groups is 1. The predicted octanol–water partition coefficient (Wildman–Crippen LogP) is 1.97. The molecule has 0 aliphatic heterocycles. The molecule has 2 aromatic rings. The molecule has 2 N–H and O–H groups in total. The number of halogens is 1. The summed E-state index contributed by atoms with van der Waals surface area (Å²) >= 11 is 0. The summed E-state index contributed by atoms with van der Waals surface area (Å²) in [6, 6.07) is 6.15. The van der Waals surface area contributed by atoms with Gasteiger partial charge in [0.2, 0.25) is 0 Å². The first kappa shape index (κ1) is 12.9. The Morgan fingerprint density at radius 2 is 1.89 bits per heavy atom. The quantitative estimate of drug-likeness (QED) is 0.860. The third kappa shape index (κ3) is 3.48. The van der Waals surface area contributed by atoms with Crippen molar-refractivity contribution in [2.24, 2.45) is 0 Å². The summed E-state index contributed by atoms with van der Waals surface area (Å²) in [5, 5.41) is 11.8. The summed E-state index contributed by atoms with van der Waals surface area (Å²) in [7, 11) is 0. The lowest BCUT2D eigenvalue weighted by Gasteiger charge is -2.07. The van der Waals surface area contributed by atoms with Crippen LogP contribution in [0, 0.1) is 5.82 Å². The lowest BCUT2D eigenvalue weighted by molar-refractivity contribution is 0.0691. The molecule has 0 atom stereocenters. The Balaban J connectivity index is 1.96. The van der Waals surface area contributed by atoms with Crippen LogP contribution in [-0.2, 0) is 6.42 Å². The highest BCUT2D eigenvalue weighted by atomic mass is 19.1. The van der Waals surface area contributed by atoms with Crippen LogP contribution in [0.2, 0.25) is 0 Å². The predicted molar refractivity (Wildman–Crippen MR) is 67.6 cm³/mol. The van der Waals surface area contributed by atoms with Crippen molar-refractivity contribution in [2.75, 3.05) is 11.9 Å². The van der Waals surface area contributed by atoms with Gasteiger partial charge in [-0.1, -0.05) is 12.1 Å². The van der Waals surface area contributed by atoms with Crippen LogP contribution in [0.1, 0.15) is 16.1 Å². The van der Waals surface area contributed by atoms with Crippen molar-refractivity contribution in [3.8, 4) is 0 Å². The Bertz CT molecular complexity index is 572. The van der Waals surface area contributed by atoms with E-state index in [1.54, 1.807) is 12.1 Å². The van der Waals surface area contributed by atoms with Crippen molar-refractivity contribution in [1.82, 2.24) is 9.97 Å². The maximum atomic E-state index is 12.7. The standard InChI is InChI=1S/C13H12FN3O2/c14-10-3-1-9(2-4-10)5-6-16-12-11(13(18)19)15-7-8-17-12/h1-4,7-8H,5-6H2,(H,16,17)(H,18,19). The van der Waals surface area contributed by atoms with Crippen molar-refractivity contribution in [1.29, 1.82) is 0 Å². The molecular weight excluding hydrogens is 249 g/mol. The summed E-state index contributed by atoms with van der Waals surface area (Å²) < 4.78 is 12.7. The van der Waals surface area contributed by atoms with Crippen LogP contribution in [0.25, 0.3) is 0 Å². The maximum Gasteiger partial charge on any atom is 0.358 e. The van der Waals surface area contributed by atoms with Crippen LogP contribution in [0.3, 0.4) is 0 Å². The lowest BCUT2D eigenvalue weighted by atomic mass is 10.1. The summed E-state index contributed by atoms with van der Waals surface area (Å²) in [6.45, 7) is 0.491. The highest BCUT2D eigenvalue weighted by Crippen LogP contribution is 2.09. The van der Waals surface area contributed by atoms with E-state index in [1.807, 2.05) is 0 Å². The van der Waals surface area contributed by atoms with E-state index in [0.29, 0.717) is 13.0 Å². The third-order valence-electron chi connectivity index (χ3n) is 2.52. The molecule has 0 saturated carbocycles. The number of aromatic nitrogens is 2. The first-order chi connectivity index (χ1) is 9.16. The minimum Gasteiger partial charge on any atom is -0.476 e. The molecule has 1 aromatic carbocycles. The van der Waals surface area contributed by atoms with E-state index < -0.39 is 5.97 Å². The number of carboxylic acids is 1. The van der Waals surface area contributed by atoms with Crippen LogP contribution in [0.4, 0.5) is 10.2 Å². The van der Waals surface area contributed by atoms with Gasteiger partial charge in [-0.05, 0) is 24.1 Å². The fourth-order valence-electron chi connectivity index (χ4n) is 1.60. The largest absolute Gasteiger partial charge is 0.476 e. The molecule has 0 amide bonds. The van der Waals surface area contributed by atoms with E-state index in [2.05, 4.69) is 15.3 Å². The van der Waals surface area contributed by atoms with E-state index >= 15 is 0 Å². The summed E-state index contributed by atoms with van der Waals surface area (Å²) in [4.78, 5) is 18.6. The molecule has 0 spiro atoms. The van der Waals surface area contributed by atoms with Gasteiger partial charge in [-0.2, -0.15) is 0 Å². The normalized spacial score (nSPS) is 10.2. The summed E-state index contributed by atoms with van der Waals surface area (Å²) in [6.07, 6.45) is 3.39. The number of nitrogens with zero attached hydrogens (tertiary/aromatic N) is 2. The highest BCUT2D eigenvalue weighted by molar-refractivity contribution is 5.90. The topological polar surface area (TPSA) is 75.1 Å². The van der Waals surface area contributed by atoms with E-state index in [0.717, 1.165) is 5.56 Å². The Morgan fingerprint density at radius 3 is 2.58 bits per heavy atom. The molecule has 19 heavy (non-hydrogen) atoms. The monoisotopic (exact) mass is 261 g/mol. The molecule has 0 bridgehead atoms. The molecule has 1 heterocycles. The lowest BCUT2D eigenvalue weighted by Crippen LogP contribution is -2.12. The minimum atomic E-state index is -1.13. The van der Waals surface area contributed by atoms with Gasteiger partial charge in [-0.15, -0.1) is 0 Å². The van der Waals surface area contributed by atoms with Crippen molar-refractivity contribution >= 4 is 11.8 Å². The molecule has 0 aliphatic rings. The second-order valence-electron chi connectivity index (χ2n) is 3.86. The van der Waals surface area contributed by atoms with Crippen LogP contribution >= 0.6 is 0 Å². The Kier molecular flexibility index (Phi) is 4.02. The molecule has 5 nitrogen and oxygen atoms in total. The Morgan fingerprint density at radius 1 is 1.21 bits per heavy atom. The molecule has 0 radical (unpaired) electrons. The minimum absolute atomic E-state index is 0.110. The van der Waals surface area contributed by atoms with Crippen molar-refractivity contribution < 1.29 is 14.3 Å². The number of hydrogen-bond donors (Lipinski definition) is 2. The number of rotatable bonds is 5. The average Bonchev–Trinajstić information content (AvgIpc) is 2.41. The van der Waals surface area contributed by atoms with Crippen molar-refractivity contribution in [2.45, 2.75) is 6.42 Å². The number of nitrogens with one attached hydrogen (secondary N) is 1. The molecule has 0 aliphatic carbocycles. The second kappa shape index (κ2) is 5.90. The van der Waals surface area contributed by atoms with E-state index in [9.17, 15) is 9.18 Å². The highest BCUT2D eigenvalue weighted by Gasteiger charge is 2.11. The van der Waals surface area contributed by atoms with Gasteiger partial charge in [0.05, 0.1) is 0 Å². The first-order valence-corrected chi connectivity index (χ1v) is 5.69. The molecule has 98 valence electrons. The van der Waals surface area contributed by atoms with Gasteiger partial charge in [0.25, 0.3) is 0 Å². The smallest absolute Gasteiger partial charge is 0.358 e. The number of hydrogen-bond acceptors (Lipinski definition) is 4. The fraction of sp³-hybridized carbons (Fsp3) is 0.154. The van der Waals surface area contributed by atoms with E-state index in [-0.39, 0.29) is 17.3 Å². The van der Waals surface area contributed by atoms with Crippen LogP contribution in [0.5, 0.6) is 0 Å². The van der Waals surface area contributed by atoms with E-state index in [1.165, 1.54) is 24.5 Å².